The summed E-state index contributed by atoms with van der Waals surface area (Å²) in [5.74, 6) is 1.99. The molecule has 0 amide bonds. The molecule has 1 aliphatic heterocycles. The molecule has 0 aliphatic carbocycles. The number of aromatic nitrogens is 4. The van der Waals surface area contributed by atoms with Crippen molar-refractivity contribution in [3.8, 4) is 6.07 Å². The average Bonchev–Trinajstić information content (AvgIpc) is 2.83. The van der Waals surface area contributed by atoms with Crippen LogP contribution in [0.2, 0.25) is 0 Å². The topological polar surface area (TPSA) is 103 Å². The van der Waals surface area contributed by atoms with Crippen molar-refractivity contribution in [2.24, 2.45) is 0 Å². The Morgan fingerprint density at radius 2 is 1.78 bits per heavy atom. The predicted octanol–water partition coefficient (Wildman–Crippen LogP) is 4.51. The highest BCUT2D eigenvalue weighted by atomic mass is 15.2. The molecular weight excluding hydrogens is 400 g/mol. The van der Waals surface area contributed by atoms with Crippen LogP contribution in [-0.4, -0.2) is 49.5 Å². The molecule has 0 radical (unpaired) electrons. The third kappa shape index (κ3) is 4.94. The summed E-state index contributed by atoms with van der Waals surface area (Å²) in [5.41, 5.74) is 0.869. The van der Waals surface area contributed by atoms with Crippen molar-refractivity contribution in [1.82, 2.24) is 24.8 Å². The summed E-state index contributed by atoms with van der Waals surface area (Å²) in [7, 11) is 0. The molecule has 0 bridgehead atoms. The minimum Gasteiger partial charge on any atom is -0.367 e. The minimum absolute atomic E-state index is 0.308. The van der Waals surface area contributed by atoms with Crippen molar-refractivity contribution in [1.29, 1.82) is 5.26 Å². The minimum atomic E-state index is 0.308. The number of fused-ring (bicyclic) bond motifs is 1. The van der Waals surface area contributed by atoms with Gasteiger partial charge >= 0.3 is 0 Å². The molecule has 0 aromatic carbocycles. The molecule has 3 aromatic rings. The van der Waals surface area contributed by atoms with Crippen molar-refractivity contribution < 1.29 is 0 Å². The number of piperidine rings is 1. The van der Waals surface area contributed by atoms with E-state index in [1.807, 2.05) is 12.1 Å². The lowest BCUT2D eigenvalue weighted by molar-refractivity contribution is 0.0735. The van der Waals surface area contributed by atoms with Crippen molar-refractivity contribution >= 4 is 28.5 Å². The van der Waals surface area contributed by atoms with E-state index in [-0.39, 0.29) is 0 Å². The Morgan fingerprint density at radius 3 is 2.47 bits per heavy atom. The van der Waals surface area contributed by atoms with E-state index in [1.54, 1.807) is 24.7 Å². The van der Waals surface area contributed by atoms with Gasteiger partial charge in [0.25, 0.3) is 0 Å². The van der Waals surface area contributed by atoms with Crippen LogP contribution < -0.4 is 10.6 Å². The Labute approximate surface area is 189 Å². The molecule has 2 atom stereocenters. The lowest BCUT2D eigenvalue weighted by Crippen LogP contribution is -2.52. The van der Waals surface area contributed by atoms with Gasteiger partial charge in [-0.3, -0.25) is 9.88 Å². The second-order valence-electron chi connectivity index (χ2n) is 8.21. The summed E-state index contributed by atoms with van der Waals surface area (Å²) in [5, 5.41) is 17.0. The molecule has 0 spiro atoms. The first-order chi connectivity index (χ1) is 15.7. The summed E-state index contributed by atoms with van der Waals surface area (Å²) in [6.45, 7) is 5.32. The zero-order valence-electron chi connectivity index (χ0n) is 18.7. The maximum atomic E-state index is 9.08. The van der Waals surface area contributed by atoms with E-state index >= 15 is 0 Å². The molecule has 1 fully saturated rings. The van der Waals surface area contributed by atoms with Crippen LogP contribution in [0.5, 0.6) is 0 Å². The van der Waals surface area contributed by atoms with E-state index < -0.39 is 0 Å². The second-order valence-corrected chi connectivity index (χ2v) is 8.21. The van der Waals surface area contributed by atoms with E-state index in [1.165, 1.54) is 0 Å². The number of nitriles is 1. The highest BCUT2D eigenvalue weighted by molar-refractivity contribution is 5.91. The number of pyridine rings is 2. The molecule has 8 heteroatoms. The number of nitrogens with one attached hydrogen (secondary N) is 2. The van der Waals surface area contributed by atoms with Crippen LogP contribution in [-0.2, 0) is 0 Å². The zero-order chi connectivity index (χ0) is 22.3. The molecule has 1 aliphatic rings. The van der Waals surface area contributed by atoms with Crippen LogP contribution in [0, 0.1) is 11.3 Å². The molecule has 1 saturated heterocycles. The van der Waals surface area contributed by atoms with Gasteiger partial charge in [0.05, 0.1) is 11.6 Å². The van der Waals surface area contributed by atoms with E-state index in [0.29, 0.717) is 36.3 Å². The summed E-state index contributed by atoms with van der Waals surface area (Å²) < 4.78 is 0. The third-order valence-electron chi connectivity index (χ3n) is 6.22. The normalized spacial score (nSPS) is 21.2. The van der Waals surface area contributed by atoms with Crippen LogP contribution in [0.4, 0.5) is 17.6 Å². The monoisotopic (exact) mass is 430 g/mol. The Bertz CT molecular complexity index is 1050. The fourth-order valence-electron chi connectivity index (χ4n) is 4.71. The Morgan fingerprint density at radius 1 is 1.06 bits per heavy atom. The van der Waals surface area contributed by atoms with Gasteiger partial charge in [0.1, 0.15) is 11.6 Å². The van der Waals surface area contributed by atoms with Gasteiger partial charge in [-0.1, -0.05) is 13.8 Å². The molecule has 4 heterocycles. The maximum absolute atomic E-state index is 9.08. The van der Waals surface area contributed by atoms with E-state index in [0.717, 1.165) is 48.9 Å². The average molecular weight is 431 g/mol. The number of nitrogens with zero attached hydrogens (tertiary/aromatic N) is 6. The summed E-state index contributed by atoms with van der Waals surface area (Å²) in [6, 6.07) is 11.2. The van der Waals surface area contributed by atoms with E-state index in [4.69, 9.17) is 10.2 Å². The first-order valence-corrected chi connectivity index (χ1v) is 11.4. The van der Waals surface area contributed by atoms with Gasteiger partial charge < -0.3 is 10.6 Å². The quantitative estimate of drug-likeness (QED) is 0.538. The SMILES string of the molecule is CCC1CC(Nc2nc(Nc3ncccn3)cc3ncccc23)CC(CC)N1CCC#N. The molecule has 2 unspecified atom stereocenters. The van der Waals surface area contributed by atoms with Crippen molar-refractivity contribution in [2.45, 2.75) is 64.1 Å². The number of anilines is 3. The van der Waals surface area contributed by atoms with Gasteiger partial charge in [0, 0.05) is 61.1 Å². The highest BCUT2D eigenvalue weighted by Crippen LogP contribution is 2.31. The van der Waals surface area contributed by atoms with Gasteiger partial charge in [-0.25, -0.2) is 15.0 Å². The first-order valence-electron chi connectivity index (χ1n) is 11.4. The predicted molar refractivity (Wildman–Crippen MR) is 127 cm³/mol. The maximum Gasteiger partial charge on any atom is 0.228 e. The second kappa shape index (κ2) is 10.3. The van der Waals surface area contributed by atoms with Gasteiger partial charge in [0.15, 0.2) is 0 Å². The number of hydrogen-bond donors (Lipinski definition) is 2. The van der Waals surface area contributed by atoms with Gasteiger partial charge in [-0.2, -0.15) is 5.26 Å². The van der Waals surface area contributed by atoms with Gasteiger partial charge in [-0.05, 0) is 43.9 Å². The zero-order valence-corrected chi connectivity index (χ0v) is 18.7. The molecule has 2 N–H and O–H groups in total. The Hall–Kier alpha value is -3.31. The standard InChI is InChI=1S/C24H30N8/c1-3-18-14-17(15-19(4-2)32(18)13-6-9-25)29-23-20-8-5-10-26-21(20)16-22(30-23)31-24-27-11-7-12-28-24/h5,7-8,10-12,16-19H,3-4,6,13-15H2,1-2H3,(H2,27,28,29,30,31). The first kappa shape index (κ1) is 21.9. The Kier molecular flexibility index (Phi) is 7.07. The van der Waals surface area contributed by atoms with Crippen LogP contribution in [0.25, 0.3) is 10.9 Å². The van der Waals surface area contributed by atoms with Gasteiger partial charge in [-0.15, -0.1) is 0 Å². The summed E-state index contributed by atoms with van der Waals surface area (Å²) >= 11 is 0. The summed E-state index contributed by atoms with van der Waals surface area (Å²) in [4.78, 5) is 20.4. The van der Waals surface area contributed by atoms with Crippen LogP contribution >= 0.6 is 0 Å². The van der Waals surface area contributed by atoms with Crippen LogP contribution in [0.1, 0.15) is 46.0 Å². The van der Waals surface area contributed by atoms with E-state index in [2.05, 4.69) is 56.5 Å². The molecule has 0 saturated carbocycles. The van der Waals surface area contributed by atoms with E-state index in [9.17, 15) is 0 Å². The van der Waals surface area contributed by atoms with Crippen LogP contribution in [0.15, 0.2) is 42.9 Å². The molecule has 32 heavy (non-hydrogen) atoms. The number of rotatable bonds is 8. The highest BCUT2D eigenvalue weighted by Gasteiger charge is 2.33. The Balaban J connectivity index is 1.59. The fraction of sp³-hybridized carbons (Fsp3) is 0.458. The van der Waals surface area contributed by atoms with Crippen molar-refractivity contribution in [3.05, 3.63) is 42.9 Å². The third-order valence-corrected chi connectivity index (χ3v) is 6.22. The largest absolute Gasteiger partial charge is 0.367 e. The molecule has 3 aromatic heterocycles. The smallest absolute Gasteiger partial charge is 0.228 e. The lowest BCUT2D eigenvalue weighted by atomic mass is 9.88. The number of likely N-dealkylation sites (tertiary alicyclic amines) is 1. The van der Waals surface area contributed by atoms with Crippen molar-refractivity contribution in [2.75, 3.05) is 17.2 Å². The van der Waals surface area contributed by atoms with Crippen molar-refractivity contribution in [3.63, 3.8) is 0 Å². The van der Waals surface area contributed by atoms with Gasteiger partial charge in [0.2, 0.25) is 5.95 Å². The molecule has 4 rings (SSSR count). The number of hydrogen-bond acceptors (Lipinski definition) is 8. The van der Waals surface area contributed by atoms with Crippen LogP contribution in [0.3, 0.4) is 0 Å². The fourth-order valence-corrected chi connectivity index (χ4v) is 4.71. The summed E-state index contributed by atoms with van der Waals surface area (Å²) in [6.07, 6.45) is 9.97. The lowest BCUT2D eigenvalue weighted by Gasteiger charge is -2.45. The molecular formula is C24H30N8. The molecule has 166 valence electrons. The molecule has 8 nitrogen and oxygen atoms in total.